The molecular formula is C25H25N3O2. The average molecular weight is 399 g/mol. The molecule has 0 saturated carbocycles. The van der Waals surface area contributed by atoms with E-state index in [1.165, 1.54) is 0 Å². The first-order valence-electron chi connectivity index (χ1n) is 10.3. The molecule has 30 heavy (non-hydrogen) atoms. The van der Waals surface area contributed by atoms with Gasteiger partial charge in [-0.2, -0.15) is 0 Å². The van der Waals surface area contributed by atoms with E-state index in [-0.39, 0.29) is 18.0 Å². The summed E-state index contributed by atoms with van der Waals surface area (Å²) in [7, 11) is 0. The topological polar surface area (TPSA) is 61.4 Å². The van der Waals surface area contributed by atoms with Crippen LogP contribution in [0.1, 0.15) is 51.4 Å². The lowest BCUT2D eigenvalue weighted by Crippen LogP contribution is -2.33. The molecule has 2 amide bonds. The molecule has 0 aliphatic carbocycles. The molecular weight excluding hydrogens is 374 g/mol. The fraction of sp³-hybridized carbons (Fsp3) is 0.200. The van der Waals surface area contributed by atoms with Crippen LogP contribution < -0.4 is 10.6 Å². The number of carbonyl (C=O) groups excluding carboxylic acids is 2. The number of anilines is 1. The Bertz CT molecular complexity index is 1030. The van der Waals surface area contributed by atoms with E-state index in [9.17, 15) is 9.59 Å². The Labute approximate surface area is 176 Å². The van der Waals surface area contributed by atoms with Crippen LogP contribution >= 0.6 is 0 Å². The minimum absolute atomic E-state index is 0.0573. The van der Waals surface area contributed by atoms with Crippen molar-refractivity contribution in [2.24, 2.45) is 0 Å². The van der Waals surface area contributed by atoms with Gasteiger partial charge in [-0.25, -0.2) is 0 Å². The van der Waals surface area contributed by atoms with Gasteiger partial charge in [0.25, 0.3) is 11.8 Å². The number of carbonyl (C=O) groups is 2. The van der Waals surface area contributed by atoms with Gasteiger partial charge in [0.15, 0.2) is 0 Å². The van der Waals surface area contributed by atoms with Gasteiger partial charge in [-0.15, -0.1) is 0 Å². The van der Waals surface area contributed by atoms with Gasteiger partial charge >= 0.3 is 0 Å². The van der Waals surface area contributed by atoms with Crippen molar-refractivity contribution in [1.82, 2.24) is 10.2 Å². The van der Waals surface area contributed by atoms with E-state index in [4.69, 9.17) is 0 Å². The maximum atomic E-state index is 12.8. The second-order valence-corrected chi connectivity index (χ2v) is 7.38. The summed E-state index contributed by atoms with van der Waals surface area (Å²) in [5, 5.41) is 6.40. The molecule has 2 N–H and O–H groups in total. The molecule has 0 fully saturated rings. The predicted molar refractivity (Wildman–Crippen MR) is 118 cm³/mol. The lowest BCUT2D eigenvalue weighted by Gasteiger charge is -2.26. The highest BCUT2D eigenvalue weighted by molar-refractivity contribution is 5.99. The molecule has 3 aromatic rings. The highest BCUT2D eigenvalue weighted by Gasteiger charge is 2.35. The number of fused-ring (bicyclic) bond motifs is 1. The molecule has 0 saturated heterocycles. The summed E-state index contributed by atoms with van der Waals surface area (Å²) in [6, 6.07) is 24.9. The Morgan fingerprint density at radius 1 is 0.933 bits per heavy atom. The number of nitrogens with zero attached hydrogens (tertiary/aromatic N) is 1. The highest BCUT2D eigenvalue weighted by Crippen LogP contribution is 2.34. The molecule has 0 bridgehead atoms. The predicted octanol–water partition coefficient (Wildman–Crippen LogP) is 4.59. The molecule has 1 heterocycles. The number of nitrogens with one attached hydrogen (secondary N) is 2. The zero-order valence-corrected chi connectivity index (χ0v) is 17.0. The number of hydrogen-bond acceptors (Lipinski definition) is 3. The third kappa shape index (κ3) is 4.06. The first kappa shape index (κ1) is 19.7. The van der Waals surface area contributed by atoms with Crippen molar-refractivity contribution in [2.45, 2.75) is 26.1 Å². The molecule has 152 valence electrons. The standard InChI is InChI=1S/C25H25N3O2/c1-2-16-28-23(21-10-6-7-11-22(21)25(28)30)27-20-14-12-19(13-15-20)24(29)26-17-18-8-4-3-5-9-18/h3-15,23,27H,2,16-17H2,1H3,(H,26,29)/t23-/m0/s1. The average Bonchev–Trinajstić information content (AvgIpc) is 3.05. The summed E-state index contributed by atoms with van der Waals surface area (Å²) >= 11 is 0. The smallest absolute Gasteiger partial charge is 0.256 e. The summed E-state index contributed by atoms with van der Waals surface area (Å²) in [6.07, 6.45) is 0.685. The summed E-state index contributed by atoms with van der Waals surface area (Å²) < 4.78 is 0. The van der Waals surface area contributed by atoms with Crippen LogP contribution in [-0.2, 0) is 6.54 Å². The van der Waals surface area contributed by atoms with Crippen LogP contribution in [-0.4, -0.2) is 23.3 Å². The van der Waals surface area contributed by atoms with Crippen LogP contribution in [0.3, 0.4) is 0 Å². The molecule has 3 aromatic carbocycles. The summed E-state index contributed by atoms with van der Waals surface area (Å²) in [5.41, 5.74) is 4.26. The van der Waals surface area contributed by atoms with Gasteiger partial charge in [0.1, 0.15) is 6.17 Å². The number of benzene rings is 3. The van der Waals surface area contributed by atoms with E-state index in [0.29, 0.717) is 18.7 Å². The third-order valence-electron chi connectivity index (χ3n) is 5.27. The highest BCUT2D eigenvalue weighted by atomic mass is 16.2. The second-order valence-electron chi connectivity index (χ2n) is 7.38. The van der Waals surface area contributed by atoms with Crippen molar-refractivity contribution in [3.63, 3.8) is 0 Å². The van der Waals surface area contributed by atoms with Crippen molar-refractivity contribution in [1.29, 1.82) is 0 Å². The fourth-order valence-electron chi connectivity index (χ4n) is 3.75. The monoisotopic (exact) mass is 399 g/mol. The largest absolute Gasteiger partial charge is 0.361 e. The quantitative estimate of drug-likeness (QED) is 0.611. The van der Waals surface area contributed by atoms with Gasteiger partial charge in [-0.3, -0.25) is 9.59 Å². The number of hydrogen-bond donors (Lipinski definition) is 2. The van der Waals surface area contributed by atoms with Crippen molar-refractivity contribution < 1.29 is 9.59 Å². The van der Waals surface area contributed by atoms with Crippen molar-refractivity contribution in [3.8, 4) is 0 Å². The van der Waals surface area contributed by atoms with Gasteiger partial charge in [0.2, 0.25) is 0 Å². The molecule has 0 aromatic heterocycles. The zero-order valence-electron chi connectivity index (χ0n) is 17.0. The molecule has 5 heteroatoms. The maximum absolute atomic E-state index is 12.8. The molecule has 5 nitrogen and oxygen atoms in total. The molecule has 0 spiro atoms. The summed E-state index contributed by atoms with van der Waals surface area (Å²) in [4.78, 5) is 27.1. The van der Waals surface area contributed by atoms with Crippen LogP contribution in [0, 0.1) is 0 Å². The molecule has 1 aliphatic rings. The Morgan fingerprint density at radius 3 is 2.37 bits per heavy atom. The van der Waals surface area contributed by atoms with E-state index in [1.807, 2.05) is 71.6 Å². The summed E-state index contributed by atoms with van der Waals surface area (Å²) in [6.45, 7) is 3.24. The normalized spacial score (nSPS) is 15.0. The lowest BCUT2D eigenvalue weighted by molar-refractivity contribution is 0.0743. The SMILES string of the molecule is CCCN1C(=O)c2ccccc2[C@H]1Nc1ccc(C(=O)NCc2ccccc2)cc1. The van der Waals surface area contributed by atoms with Crippen LogP contribution in [0.5, 0.6) is 0 Å². The van der Waals surface area contributed by atoms with Gasteiger partial charge < -0.3 is 15.5 Å². The van der Waals surface area contributed by atoms with E-state index in [1.54, 1.807) is 12.1 Å². The minimum Gasteiger partial charge on any atom is -0.361 e. The van der Waals surface area contributed by atoms with Crippen molar-refractivity contribution >= 4 is 17.5 Å². The molecule has 0 radical (unpaired) electrons. The minimum atomic E-state index is -0.202. The van der Waals surface area contributed by atoms with E-state index >= 15 is 0 Å². The van der Waals surface area contributed by atoms with Crippen LogP contribution in [0.25, 0.3) is 0 Å². The molecule has 4 rings (SSSR count). The maximum Gasteiger partial charge on any atom is 0.256 e. The van der Waals surface area contributed by atoms with Gasteiger partial charge in [-0.05, 0) is 42.3 Å². The van der Waals surface area contributed by atoms with Crippen LogP contribution in [0.4, 0.5) is 5.69 Å². The Morgan fingerprint density at radius 2 is 1.63 bits per heavy atom. The molecule has 1 atom stereocenters. The Balaban J connectivity index is 1.45. The fourth-order valence-corrected chi connectivity index (χ4v) is 3.75. The van der Waals surface area contributed by atoms with E-state index < -0.39 is 0 Å². The number of rotatable bonds is 7. The number of amides is 2. The van der Waals surface area contributed by atoms with Crippen LogP contribution in [0.15, 0.2) is 78.9 Å². The third-order valence-corrected chi connectivity index (χ3v) is 5.27. The van der Waals surface area contributed by atoms with Gasteiger partial charge in [-0.1, -0.05) is 55.5 Å². The Hall–Kier alpha value is -3.60. The van der Waals surface area contributed by atoms with Gasteiger partial charge in [0.05, 0.1) is 0 Å². The Kier molecular flexibility index (Phi) is 5.80. The first-order chi connectivity index (χ1) is 14.7. The summed E-state index contributed by atoms with van der Waals surface area (Å²) in [5.74, 6) is -0.0544. The van der Waals surface area contributed by atoms with Crippen molar-refractivity contribution in [3.05, 3.63) is 101 Å². The van der Waals surface area contributed by atoms with Crippen LogP contribution in [0.2, 0.25) is 0 Å². The second kappa shape index (κ2) is 8.82. The first-order valence-corrected chi connectivity index (χ1v) is 10.3. The van der Waals surface area contributed by atoms with Crippen molar-refractivity contribution in [2.75, 3.05) is 11.9 Å². The molecule has 1 aliphatic heterocycles. The zero-order chi connectivity index (χ0) is 20.9. The van der Waals surface area contributed by atoms with E-state index in [0.717, 1.165) is 28.8 Å². The molecule has 0 unspecified atom stereocenters. The van der Waals surface area contributed by atoms with Gasteiger partial charge in [0, 0.05) is 35.5 Å². The van der Waals surface area contributed by atoms with E-state index in [2.05, 4.69) is 17.6 Å². The lowest BCUT2D eigenvalue weighted by atomic mass is 10.1.